The van der Waals surface area contributed by atoms with Crippen LogP contribution in [-0.4, -0.2) is 0 Å². The average Bonchev–Trinajstić information content (AvgIpc) is 2.67. The van der Waals surface area contributed by atoms with Crippen molar-refractivity contribution in [2.75, 3.05) is 0 Å². The van der Waals surface area contributed by atoms with Gasteiger partial charge in [0.1, 0.15) is 19.4 Å². The van der Waals surface area contributed by atoms with Crippen LogP contribution in [-0.2, 0) is 13.2 Å². The lowest BCUT2D eigenvalue weighted by Crippen LogP contribution is -2.04. The normalized spacial score (nSPS) is 11.9. The van der Waals surface area contributed by atoms with E-state index in [1.54, 1.807) is 30.3 Å². The van der Waals surface area contributed by atoms with Crippen LogP contribution < -0.4 is 9.47 Å². The Labute approximate surface area is 168 Å². The van der Waals surface area contributed by atoms with Crippen LogP contribution in [0.15, 0.2) is 66.7 Å². The number of benzene rings is 3. The summed E-state index contributed by atoms with van der Waals surface area (Å²) in [4.78, 5) is 0. The molecule has 140 valence electrons. The zero-order chi connectivity index (χ0) is 19.2. The summed E-state index contributed by atoms with van der Waals surface area (Å²) in [5.74, 6) is 0.837. The molecule has 0 saturated heterocycles. The van der Waals surface area contributed by atoms with Crippen LogP contribution in [0.4, 0.5) is 4.39 Å². The SMILES string of the molecule is CC(F)c1cccc(OCc2ccccc2Cl)c1OCc1ccccc1Cl. The highest BCUT2D eigenvalue weighted by molar-refractivity contribution is 6.31. The number of alkyl halides is 1. The second-order valence-corrected chi connectivity index (χ2v) is 6.87. The number of hydrogen-bond donors (Lipinski definition) is 0. The smallest absolute Gasteiger partial charge is 0.167 e. The van der Waals surface area contributed by atoms with Gasteiger partial charge >= 0.3 is 0 Å². The van der Waals surface area contributed by atoms with Gasteiger partial charge in [-0.2, -0.15) is 0 Å². The Morgan fingerprint density at radius 2 is 1.33 bits per heavy atom. The first-order chi connectivity index (χ1) is 13.1. The van der Waals surface area contributed by atoms with Gasteiger partial charge < -0.3 is 9.47 Å². The van der Waals surface area contributed by atoms with Gasteiger partial charge in [-0.25, -0.2) is 4.39 Å². The molecule has 0 aliphatic carbocycles. The molecule has 0 heterocycles. The Kier molecular flexibility index (Phi) is 6.59. The Morgan fingerprint density at radius 1 is 0.778 bits per heavy atom. The van der Waals surface area contributed by atoms with E-state index in [1.807, 2.05) is 36.4 Å². The maximum absolute atomic E-state index is 14.1. The highest BCUT2D eigenvalue weighted by Gasteiger charge is 2.17. The first kappa shape index (κ1) is 19.5. The second kappa shape index (κ2) is 9.12. The van der Waals surface area contributed by atoms with Gasteiger partial charge in [-0.1, -0.05) is 71.7 Å². The van der Waals surface area contributed by atoms with Gasteiger partial charge in [-0.05, 0) is 25.1 Å². The molecule has 0 spiro atoms. The molecule has 3 aromatic carbocycles. The van der Waals surface area contributed by atoms with E-state index in [1.165, 1.54) is 6.92 Å². The highest BCUT2D eigenvalue weighted by Crippen LogP contribution is 2.38. The molecule has 0 bridgehead atoms. The summed E-state index contributed by atoms with van der Waals surface area (Å²) in [5, 5.41) is 1.22. The van der Waals surface area contributed by atoms with Crippen LogP contribution >= 0.6 is 23.2 Å². The van der Waals surface area contributed by atoms with Gasteiger partial charge in [-0.15, -0.1) is 0 Å². The predicted molar refractivity (Wildman–Crippen MR) is 108 cm³/mol. The molecule has 1 unspecified atom stereocenters. The number of hydrogen-bond acceptors (Lipinski definition) is 2. The van der Waals surface area contributed by atoms with Crippen molar-refractivity contribution in [2.24, 2.45) is 0 Å². The van der Waals surface area contributed by atoms with E-state index in [9.17, 15) is 4.39 Å². The van der Waals surface area contributed by atoms with Crippen LogP contribution in [0.3, 0.4) is 0 Å². The van der Waals surface area contributed by atoms with E-state index < -0.39 is 6.17 Å². The number of ether oxygens (including phenoxy) is 2. The van der Waals surface area contributed by atoms with Gasteiger partial charge in [0, 0.05) is 26.7 Å². The molecule has 3 rings (SSSR count). The van der Waals surface area contributed by atoms with Gasteiger partial charge in [0.15, 0.2) is 11.5 Å². The van der Waals surface area contributed by atoms with Crippen LogP contribution in [0.2, 0.25) is 10.0 Å². The first-order valence-corrected chi connectivity index (χ1v) is 9.31. The highest BCUT2D eigenvalue weighted by atomic mass is 35.5. The minimum Gasteiger partial charge on any atom is -0.485 e. The van der Waals surface area contributed by atoms with Gasteiger partial charge in [0.2, 0.25) is 0 Å². The van der Waals surface area contributed by atoms with E-state index in [0.29, 0.717) is 27.1 Å². The summed E-state index contributed by atoms with van der Waals surface area (Å²) in [6.07, 6.45) is -1.20. The van der Waals surface area contributed by atoms with Gasteiger partial charge in [0.05, 0.1) is 0 Å². The van der Waals surface area contributed by atoms with Crippen LogP contribution in [0.5, 0.6) is 11.5 Å². The molecule has 1 atom stereocenters. The van der Waals surface area contributed by atoms with Crippen molar-refractivity contribution in [1.29, 1.82) is 0 Å². The fraction of sp³-hybridized carbons (Fsp3) is 0.182. The molecule has 3 aromatic rings. The molecule has 0 fully saturated rings. The van der Waals surface area contributed by atoms with Crippen LogP contribution in [0, 0.1) is 0 Å². The third-order valence-electron chi connectivity index (χ3n) is 4.11. The first-order valence-electron chi connectivity index (χ1n) is 8.55. The lowest BCUT2D eigenvalue weighted by molar-refractivity contribution is 0.246. The maximum atomic E-state index is 14.1. The Morgan fingerprint density at radius 3 is 1.89 bits per heavy atom. The molecule has 0 aliphatic heterocycles. The number of para-hydroxylation sites is 1. The van der Waals surface area contributed by atoms with E-state index >= 15 is 0 Å². The molecule has 0 amide bonds. The third-order valence-corrected chi connectivity index (χ3v) is 4.85. The monoisotopic (exact) mass is 404 g/mol. The maximum Gasteiger partial charge on any atom is 0.167 e. The molecule has 0 radical (unpaired) electrons. The lowest BCUT2D eigenvalue weighted by Gasteiger charge is -2.18. The summed E-state index contributed by atoms with van der Waals surface area (Å²) >= 11 is 12.4. The second-order valence-electron chi connectivity index (χ2n) is 6.05. The van der Waals surface area contributed by atoms with E-state index in [0.717, 1.165) is 11.1 Å². The zero-order valence-electron chi connectivity index (χ0n) is 14.8. The quantitative estimate of drug-likeness (QED) is 0.414. The van der Waals surface area contributed by atoms with Crippen molar-refractivity contribution in [3.63, 3.8) is 0 Å². The summed E-state index contributed by atoms with van der Waals surface area (Å²) in [5.41, 5.74) is 2.09. The Bertz CT molecular complexity index is 912. The molecule has 27 heavy (non-hydrogen) atoms. The van der Waals surface area contributed by atoms with Gasteiger partial charge in [0.25, 0.3) is 0 Å². The molecule has 0 N–H and O–H groups in total. The minimum absolute atomic E-state index is 0.214. The Balaban J connectivity index is 1.84. The molecule has 0 aliphatic rings. The number of halogens is 3. The fourth-order valence-corrected chi connectivity index (χ4v) is 3.03. The van der Waals surface area contributed by atoms with Crippen molar-refractivity contribution >= 4 is 23.2 Å². The topological polar surface area (TPSA) is 18.5 Å². The van der Waals surface area contributed by atoms with Crippen molar-refractivity contribution in [2.45, 2.75) is 26.3 Å². The average molecular weight is 405 g/mol. The summed E-state index contributed by atoms with van der Waals surface area (Å²) < 4.78 is 26.0. The van der Waals surface area contributed by atoms with Crippen molar-refractivity contribution < 1.29 is 13.9 Å². The third kappa shape index (κ3) is 4.94. The Hall–Kier alpha value is -2.23. The zero-order valence-corrected chi connectivity index (χ0v) is 16.3. The van der Waals surface area contributed by atoms with E-state index in [-0.39, 0.29) is 13.2 Å². The van der Waals surface area contributed by atoms with Crippen molar-refractivity contribution in [1.82, 2.24) is 0 Å². The molecule has 5 heteroatoms. The van der Waals surface area contributed by atoms with Crippen LogP contribution in [0.1, 0.15) is 29.8 Å². The van der Waals surface area contributed by atoms with E-state index in [2.05, 4.69) is 0 Å². The fourth-order valence-electron chi connectivity index (χ4n) is 2.65. The largest absolute Gasteiger partial charge is 0.485 e. The molecule has 2 nitrogen and oxygen atoms in total. The standard InChI is InChI=1S/C22H19Cl2FO2/c1-15(25)18-9-6-12-21(26-13-16-7-2-4-10-19(16)23)22(18)27-14-17-8-3-5-11-20(17)24/h2-12,15H,13-14H2,1H3. The van der Waals surface area contributed by atoms with E-state index in [4.69, 9.17) is 32.7 Å². The van der Waals surface area contributed by atoms with Gasteiger partial charge in [-0.3, -0.25) is 0 Å². The molecule has 0 aromatic heterocycles. The molecular formula is C22H19Cl2FO2. The predicted octanol–water partition coefficient (Wildman–Crippen LogP) is 7.18. The van der Waals surface area contributed by atoms with Crippen molar-refractivity contribution in [3.05, 3.63) is 93.5 Å². The summed E-state index contributed by atoms with van der Waals surface area (Å²) in [7, 11) is 0. The van der Waals surface area contributed by atoms with Crippen LogP contribution in [0.25, 0.3) is 0 Å². The molecule has 0 saturated carbocycles. The summed E-state index contributed by atoms with van der Waals surface area (Å²) in [6, 6.07) is 20.0. The van der Waals surface area contributed by atoms with Crippen molar-refractivity contribution in [3.8, 4) is 11.5 Å². The lowest BCUT2D eigenvalue weighted by atomic mass is 10.1. The minimum atomic E-state index is -1.20. The number of rotatable bonds is 7. The summed E-state index contributed by atoms with van der Waals surface area (Å²) in [6.45, 7) is 1.94. The molecular weight excluding hydrogens is 386 g/mol.